The second-order valence-electron chi connectivity index (χ2n) is 10.1. The van der Waals surface area contributed by atoms with E-state index < -0.39 is 17.6 Å². The lowest BCUT2D eigenvalue weighted by atomic mass is 9.96. The fraction of sp³-hybridized carbons (Fsp3) is 0.290. The number of aliphatic hydroxyl groups is 1. The number of ether oxygens (including phenoxy) is 2. The molecule has 0 radical (unpaired) electrons. The average Bonchev–Trinajstić information content (AvgIpc) is 2.99. The fourth-order valence-electron chi connectivity index (χ4n) is 5.00. The lowest BCUT2D eigenvalue weighted by Gasteiger charge is -2.28. The van der Waals surface area contributed by atoms with Gasteiger partial charge in [-0.25, -0.2) is 9.67 Å². The van der Waals surface area contributed by atoms with Crippen LogP contribution in [-0.2, 0) is 18.3 Å². The van der Waals surface area contributed by atoms with Crippen molar-refractivity contribution in [2.45, 2.75) is 32.0 Å². The molecular weight excluding hydrogens is 558 g/mol. The molecule has 0 spiro atoms. The molecule has 3 heterocycles. The number of nitrogens with one attached hydrogen (secondary N) is 2. The lowest BCUT2D eigenvalue weighted by molar-refractivity contribution is -0.0281. The number of benzene rings is 2. The third-order valence-corrected chi connectivity index (χ3v) is 7.82. The Hall–Kier alpha value is -4.09. The van der Waals surface area contributed by atoms with Gasteiger partial charge in [0.15, 0.2) is 0 Å². The van der Waals surface area contributed by atoms with E-state index in [0.29, 0.717) is 42.0 Å². The van der Waals surface area contributed by atoms with Gasteiger partial charge in [0.2, 0.25) is 5.88 Å². The smallest absolute Gasteiger partial charge is 0.279 e. The minimum Gasteiger partial charge on any atom is -0.481 e. The first-order valence-electron chi connectivity index (χ1n) is 13.5. The zero-order valence-corrected chi connectivity index (χ0v) is 24.3. The zero-order valence-electron chi connectivity index (χ0n) is 23.6. The third kappa shape index (κ3) is 6.07. The number of pyridine rings is 1. The molecule has 2 atom stereocenters. The van der Waals surface area contributed by atoms with Crippen molar-refractivity contribution in [3.63, 3.8) is 0 Å². The van der Waals surface area contributed by atoms with E-state index in [0.717, 1.165) is 38.9 Å². The summed E-state index contributed by atoms with van der Waals surface area (Å²) in [7, 11) is 3.06. The molecule has 2 unspecified atom stereocenters. The summed E-state index contributed by atoms with van der Waals surface area (Å²) in [6.45, 7) is 3.30. The van der Waals surface area contributed by atoms with Gasteiger partial charge in [0.05, 0.1) is 30.5 Å². The first kappa shape index (κ1) is 29.4. The number of amides is 1. The molecule has 2 aromatic heterocycles. The van der Waals surface area contributed by atoms with E-state index in [1.54, 1.807) is 13.2 Å². The first-order valence-corrected chi connectivity index (χ1v) is 13.9. The molecule has 5 rings (SSSR count). The van der Waals surface area contributed by atoms with Gasteiger partial charge in [0.25, 0.3) is 11.5 Å². The van der Waals surface area contributed by atoms with Crippen LogP contribution in [0.1, 0.15) is 27.9 Å². The number of aliphatic hydroxyl groups excluding tert-OH is 1. The molecule has 10 nitrogen and oxygen atoms in total. The highest BCUT2D eigenvalue weighted by atomic mass is 35.5. The van der Waals surface area contributed by atoms with Gasteiger partial charge in [0, 0.05) is 54.8 Å². The van der Waals surface area contributed by atoms with Crippen LogP contribution in [0.3, 0.4) is 0 Å². The molecule has 1 fully saturated rings. The minimum atomic E-state index is -0.559. The number of anilines is 1. The molecule has 2 aromatic carbocycles. The average molecular weight is 590 g/mol. The summed E-state index contributed by atoms with van der Waals surface area (Å²) in [6, 6.07) is 16.4. The topological polar surface area (TPSA) is 128 Å². The first-order chi connectivity index (χ1) is 20.3. The van der Waals surface area contributed by atoms with E-state index in [-0.39, 0.29) is 11.6 Å². The Labute approximate surface area is 248 Å². The zero-order chi connectivity index (χ0) is 29.8. The Morgan fingerprint density at radius 3 is 2.69 bits per heavy atom. The van der Waals surface area contributed by atoms with Gasteiger partial charge in [-0.1, -0.05) is 48.0 Å². The van der Waals surface area contributed by atoms with Gasteiger partial charge >= 0.3 is 0 Å². The van der Waals surface area contributed by atoms with Crippen LogP contribution in [0.4, 0.5) is 5.69 Å². The number of aryl methyl sites for hydroxylation is 1. The van der Waals surface area contributed by atoms with Crippen molar-refractivity contribution in [1.29, 1.82) is 0 Å². The maximum absolute atomic E-state index is 12.9. The number of carbonyl (C=O) groups excluding carboxylic acids is 1. The van der Waals surface area contributed by atoms with E-state index in [4.69, 9.17) is 26.1 Å². The Morgan fingerprint density at radius 2 is 1.90 bits per heavy atom. The monoisotopic (exact) mass is 589 g/mol. The van der Waals surface area contributed by atoms with E-state index in [2.05, 4.69) is 15.7 Å². The highest BCUT2D eigenvalue weighted by Crippen LogP contribution is 2.39. The number of carbonyl (C=O) groups is 1. The Balaban J connectivity index is 1.41. The largest absolute Gasteiger partial charge is 0.481 e. The van der Waals surface area contributed by atoms with Crippen molar-refractivity contribution < 1.29 is 19.4 Å². The highest BCUT2D eigenvalue weighted by molar-refractivity contribution is 6.36. The maximum Gasteiger partial charge on any atom is 0.279 e. The number of rotatable bonds is 8. The van der Waals surface area contributed by atoms with Crippen molar-refractivity contribution in [3.8, 4) is 28.3 Å². The van der Waals surface area contributed by atoms with Crippen LogP contribution >= 0.6 is 11.6 Å². The normalized spacial score (nSPS) is 16.7. The molecular formula is C31H32ClN5O5. The summed E-state index contributed by atoms with van der Waals surface area (Å²) in [6.07, 6.45) is 1.58. The number of aromatic nitrogens is 3. The Morgan fingerprint density at radius 1 is 1.14 bits per heavy atom. The standard InChI is InChI=1S/C31H32ClN5O5/c1-18-20(6-5-9-24(18)35-29(39)23-12-14-34-37(2)31(23)40)21-7-4-8-22(28(21)32)25-11-10-19(30(36-25)41-3)16-33-26-13-15-42-17-27(26)38/h4-12,14,26-27,33,38H,13,15-17H2,1-3H3,(H,35,39). The summed E-state index contributed by atoms with van der Waals surface area (Å²) in [4.78, 5) is 30.0. The molecule has 0 saturated carbocycles. The molecule has 42 heavy (non-hydrogen) atoms. The van der Waals surface area contributed by atoms with Gasteiger partial charge in [-0.3, -0.25) is 9.59 Å². The van der Waals surface area contributed by atoms with Crippen LogP contribution in [0.5, 0.6) is 5.88 Å². The maximum atomic E-state index is 12.9. The quantitative estimate of drug-likeness (QED) is 0.282. The van der Waals surface area contributed by atoms with Gasteiger partial charge in [0.1, 0.15) is 5.56 Å². The van der Waals surface area contributed by atoms with Crippen molar-refractivity contribution in [2.75, 3.05) is 25.6 Å². The van der Waals surface area contributed by atoms with E-state index in [1.807, 2.05) is 49.4 Å². The summed E-state index contributed by atoms with van der Waals surface area (Å²) in [5.41, 5.74) is 4.68. The van der Waals surface area contributed by atoms with Crippen LogP contribution in [0.15, 0.2) is 65.6 Å². The Kier molecular flexibility index (Phi) is 8.98. The summed E-state index contributed by atoms with van der Waals surface area (Å²) in [5.74, 6) is -0.0542. The fourth-order valence-corrected chi connectivity index (χ4v) is 5.33. The SMILES string of the molecule is COc1nc(-c2cccc(-c3cccc(NC(=O)c4ccnn(C)c4=O)c3C)c2Cl)ccc1CNC1CCOCC1O. The number of nitrogens with zero attached hydrogens (tertiary/aromatic N) is 3. The highest BCUT2D eigenvalue weighted by Gasteiger charge is 2.24. The minimum absolute atomic E-state index is 0.0000580. The van der Waals surface area contributed by atoms with Crippen molar-refractivity contribution in [2.24, 2.45) is 7.05 Å². The number of methoxy groups -OCH3 is 1. The molecule has 3 N–H and O–H groups in total. The van der Waals surface area contributed by atoms with Crippen molar-refractivity contribution in [1.82, 2.24) is 20.1 Å². The van der Waals surface area contributed by atoms with Crippen LogP contribution in [-0.4, -0.2) is 58.2 Å². The summed E-state index contributed by atoms with van der Waals surface area (Å²) in [5, 5.41) is 20.8. The number of hydrogen-bond donors (Lipinski definition) is 3. The van der Waals surface area contributed by atoms with Gasteiger partial charge in [-0.05, 0) is 42.7 Å². The molecule has 1 aliphatic rings. The summed E-state index contributed by atoms with van der Waals surface area (Å²) >= 11 is 6.98. The van der Waals surface area contributed by atoms with Gasteiger partial charge in [-0.15, -0.1) is 0 Å². The Bertz CT molecular complexity index is 1670. The van der Waals surface area contributed by atoms with Gasteiger partial charge < -0.3 is 25.2 Å². The predicted molar refractivity (Wildman–Crippen MR) is 161 cm³/mol. The second-order valence-corrected chi connectivity index (χ2v) is 10.4. The van der Waals surface area contributed by atoms with E-state index in [9.17, 15) is 14.7 Å². The molecule has 0 bridgehead atoms. The summed E-state index contributed by atoms with van der Waals surface area (Å²) < 4.78 is 12.0. The second kappa shape index (κ2) is 12.8. The van der Waals surface area contributed by atoms with Gasteiger partial charge in [-0.2, -0.15) is 5.10 Å². The van der Waals surface area contributed by atoms with Crippen molar-refractivity contribution >= 4 is 23.2 Å². The molecule has 11 heteroatoms. The predicted octanol–water partition coefficient (Wildman–Crippen LogP) is 3.97. The lowest BCUT2D eigenvalue weighted by Crippen LogP contribution is -2.46. The van der Waals surface area contributed by atoms with Crippen LogP contribution in [0.2, 0.25) is 5.02 Å². The van der Waals surface area contributed by atoms with E-state index in [1.165, 1.54) is 19.3 Å². The molecule has 4 aromatic rings. The van der Waals surface area contributed by atoms with Crippen LogP contribution < -0.4 is 20.9 Å². The van der Waals surface area contributed by atoms with Crippen molar-refractivity contribution in [3.05, 3.63) is 92.9 Å². The molecule has 1 amide bonds. The molecule has 1 aliphatic heterocycles. The molecule has 0 aliphatic carbocycles. The number of hydrogen-bond acceptors (Lipinski definition) is 8. The van der Waals surface area contributed by atoms with Crippen LogP contribution in [0, 0.1) is 6.92 Å². The van der Waals surface area contributed by atoms with Crippen LogP contribution in [0.25, 0.3) is 22.4 Å². The number of halogens is 1. The molecule has 218 valence electrons. The van der Waals surface area contributed by atoms with E-state index >= 15 is 0 Å². The third-order valence-electron chi connectivity index (χ3n) is 7.41. The molecule has 1 saturated heterocycles.